The Kier molecular flexibility index (Phi) is 7.36. The van der Waals surface area contributed by atoms with Gasteiger partial charge in [-0.25, -0.2) is 0 Å². The molecule has 1 N–H and O–H groups in total. The average molecular weight is 423 g/mol. The first kappa shape index (κ1) is 22.4. The second-order valence-electron chi connectivity index (χ2n) is 7.58. The fourth-order valence-corrected chi connectivity index (χ4v) is 3.38. The Labute approximate surface area is 183 Å². The summed E-state index contributed by atoms with van der Waals surface area (Å²) in [4.78, 5) is 14.4. The molecule has 2 aromatic carbocycles. The largest absolute Gasteiger partial charge is 0.497 e. The lowest BCUT2D eigenvalue weighted by molar-refractivity contribution is -0.116. The molecule has 0 unspecified atom stereocenters. The minimum Gasteiger partial charge on any atom is -0.497 e. The lowest BCUT2D eigenvalue weighted by atomic mass is 9.99. The van der Waals surface area contributed by atoms with Gasteiger partial charge in [0.2, 0.25) is 5.91 Å². The molecule has 3 aromatic rings. The fraction of sp³-hybridized carbons (Fsp3) is 0.320. The van der Waals surface area contributed by atoms with Crippen LogP contribution >= 0.6 is 0 Å². The molecular formula is C25H30N2O4. The van der Waals surface area contributed by atoms with Crippen molar-refractivity contribution in [2.45, 2.75) is 13.8 Å². The van der Waals surface area contributed by atoms with E-state index in [-0.39, 0.29) is 5.91 Å². The number of benzene rings is 2. The third kappa shape index (κ3) is 5.47. The predicted octanol–water partition coefficient (Wildman–Crippen LogP) is 4.59. The summed E-state index contributed by atoms with van der Waals surface area (Å²) in [5, 5.41) is 3.87. The van der Waals surface area contributed by atoms with Crippen LogP contribution in [-0.2, 0) is 4.79 Å². The van der Waals surface area contributed by atoms with E-state index >= 15 is 0 Å². The fourth-order valence-electron chi connectivity index (χ4n) is 3.38. The number of furan rings is 1. The third-order valence-electron chi connectivity index (χ3n) is 4.99. The van der Waals surface area contributed by atoms with Crippen LogP contribution in [0, 0.1) is 0 Å². The van der Waals surface area contributed by atoms with Crippen LogP contribution in [-0.4, -0.2) is 51.7 Å². The maximum Gasteiger partial charge on any atom is 0.244 e. The van der Waals surface area contributed by atoms with Crippen LogP contribution in [0.25, 0.3) is 27.7 Å². The Bertz CT molecular complexity index is 1080. The number of allylic oxidation sites excluding steroid dienone is 1. The van der Waals surface area contributed by atoms with Crippen LogP contribution in [0.3, 0.4) is 0 Å². The monoisotopic (exact) mass is 422 g/mol. The summed E-state index contributed by atoms with van der Waals surface area (Å²) in [7, 11) is 5.60. The van der Waals surface area contributed by atoms with Gasteiger partial charge in [-0.1, -0.05) is 12.1 Å². The van der Waals surface area contributed by atoms with Crippen molar-refractivity contribution < 1.29 is 18.7 Å². The van der Waals surface area contributed by atoms with Gasteiger partial charge in [-0.3, -0.25) is 4.79 Å². The average Bonchev–Trinajstić information content (AvgIpc) is 3.16. The molecule has 1 amide bonds. The number of methoxy groups -OCH3 is 1. The number of nitrogens with zero attached hydrogens (tertiary/aromatic N) is 1. The summed E-state index contributed by atoms with van der Waals surface area (Å²) in [6.07, 6.45) is 3.36. The van der Waals surface area contributed by atoms with E-state index in [1.165, 1.54) is 0 Å². The number of hydrogen-bond donors (Lipinski definition) is 1. The summed E-state index contributed by atoms with van der Waals surface area (Å²) in [5.74, 6) is 1.35. The van der Waals surface area contributed by atoms with Gasteiger partial charge in [-0.15, -0.1) is 0 Å². The number of carbonyl (C=O) groups is 1. The highest BCUT2D eigenvalue weighted by Gasteiger charge is 2.15. The zero-order valence-electron chi connectivity index (χ0n) is 18.8. The van der Waals surface area contributed by atoms with Crippen molar-refractivity contribution in [2.24, 2.45) is 0 Å². The molecule has 0 aliphatic carbocycles. The highest BCUT2D eigenvalue weighted by atomic mass is 16.5. The standard InChI is InChI=1S/C25H30N2O4/c1-6-30-23-15-24-21(22(16-31-24)18-8-7-9-19(13-18)29-5)14-20(23)17(2)12-25(28)26-10-11-27(3)4/h7-9,12-16H,6,10-11H2,1-5H3,(H,26,28)/b17-12+. The van der Waals surface area contributed by atoms with Gasteiger partial charge in [0, 0.05) is 41.7 Å². The van der Waals surface area contributed by atoms with Crippen LogP contribution in [0.1, 0.15) is 19.4 Å². The molecule has 3 rings (SSSR count). The molecular weight excluding hydrogens is 392 g/mol. The van der Waals surface area contributed by atoms with Gasteiger partial charge < -0.3 is 24.1 Å². The first-order valence-corrected chi connectivity index (χ1v) is 10.4. The summed E-state index contributed by atoms with van der Waals surface area (Å²) >= 11 is 0. The Morgan fingerprint density at radius 1 is 1.23 bits per heavy atom. The smallest absolute Gasteiger partial charge is 0.244 e. The Balaban J connectivity index is 2.00. The molecule has 6 nitrogen and oxygen atoms in total. The first-order valence-electron chi connectivity index (χ1n) is 10.4. The first-order chi connectivity index (χ1) is 14.9. The number of likely N-dealkylation sites (N-methyl/N-ethyl adjacent to an activating group) is 1. The van der Waals surface area contributed by atoms with E-state index < -0.39 is 0 Å². The van der Waals surface area contributed by atoms with Gasteiger partial charge in [-0.2, -0.15) is 0 Å². The normalized spacial score (nSPS) is 11.7. The van der Waals surface area contributed by atoms with Crippen LogP contribution in [0.2, 0.25) is 0 Å². The molecule has 31 heavy (non-hydrogen) atoms. The number of hydrogen-bond acceptors (Lipinski definition) is 5. The maximum absolute atomic E-state index is 12.4. The predicted molar refractivity (Wildman–Crippen MR) is 125 cm³/mol. The van der Waals surface area contributed by atoms with Crippen molar-refractivity contribution in [3.05, 3.63) is 54.3 Å². The topological polar surface area (TPSA) is 63.9 Å². The number of ether oxygens (including phenoxy) is 2. The van der Waals surface area contributed by atoms with Crippen molar-refractivity contribution in [1.82, 2.24) is 10.2 Å². The van der Waals surface area contributed by atoms with Gasteiger partial charge >= 0.3 is 0 Å². The Morgan fingerprint density at radius 3 is 2.74 bits per heavy atom. The molecule has 1 aromatic heterocycles. The van der Waals surface area contributed by atoms with E-state index in [4.69, 9.17) is 13.9 Å². The van der Waals surface area contributed by atoms with Crippen molar-refractivity contribution in [3.8, 4) is 22.6 Å². The van der Waals surface area contributed by atoms with E-state index in [0.29, 0.717) is 18.9 Å². The molecule has 0 atom stereocenters. The van der Waals surface area contributed by atoms with Crippen molar-refractivity contribution in [1.29, 1.82) is 0 Å². The van der Waals surface area contributed by atoms with Crippen molar-refractivity contribution >= 4 is 22.4 Å². The summed E-state index contributed by atoms with van der Waals surface area (Å²) in [6, 6.07) is 11.8. The maximum atomic E-state index is 12.4. The molecule has 164 valence electrons. The van der Waals surface area contributed by atoms with Crippen molar-refractivity contribution in [3.63, 3.8) is 0 Å². The van der Waals surface area contributed by atoms with E-state index in [1.54, 1.807) is 19.4 Å². The number of carbonyl (C=O) groups excluding carboxylic acids is 1. The molecule has 0 saturated heterocycles. The summed E-state index contributed by atoms with van der Waals surface area (Å²) in [5.41, 5.74) is 4.37. The number of nitrogens with one attached hydrogen (secondary N) is 1. The summed E-state index contributed by atoms with van der Waals surface area (Å²) < 4.78 is 17.0. The highest BCUT2D eigenvalue weighted by molar-refractivity contribution is 6.00. The molecule has 0 radical (unpaired) electrons. The molecule has 0 spiro atoms. The van der Waals surface area contributed by atoms with E-state index in [9.17, 15) is 4.79 Å². The quantitative estimate of drug-likeness (QED) is 0.511. The van der Waals surface area contributed by atoms with Gasteiger partial charge in [0.1, 0.15) is 17.1 Å². The van der Waals surface area contributed by atoms with Gasteiger partial charge in [0.25, 0.3) is 0 Å². The van der Waals surface area contributed by atoms with Crippen LogP contribution < -0.4 is 14.8 Å². The number of fused-ring (bicyclic) bond motifs is 1. The number of rotatable bonds is 9. The molecule has 0 aliphatic heterocycles. The Hall–Kier alpha value is -3.25. The van der Waals surface area contributed by atoms with Gasteiger partial charge in [0.05, 0.1) is 20.0 Å². The van der Waals surface area contributed by atoms with Crippen LogP contribution in [0.15, 0.2) is 53.2 Å². The van der Waals surface area contributed by atoms with Crippen molar-refractivity contribution in [2.75, 3.05) is 40.9 Å². The molecule has 0 saturated carbocycles. The second-order valence-corrected chi connectivity index (χ2v) is 7.58. The lowest BCUT2D eigenvalue weighted by Crippen LogP contribution is -2.30. The molecule has 0 bridgehead atoms. The number of amides is 1. The van der Waals surface area contributed by atoms with Crippen LogP contribution in [0.4, 0.5) is 0 Å². The zero-order valence-corrected chi connectivity index (χ0v) is 18.8. The summed E-state index contributed by atoms with van der Waals surface area (Å²) in [6.45, 7) is 5.75. The second kappa shape index (κ2) is 10.2. The molecule has 0 fully saturated rings. The van der Waals surface area contributed by atoms with E-state index in [0.717, 1.165) is 45.5 Å². The molecule has 1 heterocycles. The van der Waals surface area contributed by atoms with E-state index in [2.05, 4.69) is 5.32 Å². The highest BCUT2D eigenvalue weighted by Crippen LogP contribution is 2.38. The minimum atomic E-state index is -0.123. The lowest BCUT2D eigenvalue weighted by Gasteiger charge is -2.12. The third-order valence-corrected chi connectivity index (χ3v) is 4.99. The van der Waals surface area contributed by atoms with Crippen LogP contribution in [0.5, 0.6) is 11.5 Å². The zero-order chi connectivity index (χ0) is 22.4. The SMILES string of the molecule is CCOc1cc2occ(-c3cccc(OC)c3)c2cc1/C(C)=C/C(=O)NCCN(C)C. The van der Waals surface area contributed by atoms with E-state index in [1.807, 2.05) is 69.2 Å². The van der Waals surface area contributed by atoms with Gasteiger partial charge in [-0.05, 0) is 57.3 Å². The Morgan fingerprint density at radius 2 is 2.03 bits per heavy atom. The van der Waals surface area contributed by atoms with Gasteiger partial charge in [0.15, 0.2) is 0 Å². The molecule has 0 aliphatic rings. The minimum absolute atomic E-state index is 0.123. The molecule has 6 heteroatoms.